The van der Waals surface area contributed by atoms with E-state index in [1.54, 1.807) is 19.1 Å². The highest BCUT2D eigenvalue weighted by Gasteiger charge is 2.17. The van der Waals surface area contributed by atoms with Gasteiger partial charge in [-0.15, -0.1) is 11.3 Å². The Bertz CT molecular complexity index is 1220. The van der Waals surface area contributed by atoms with Crippen LogP contribution in [-0.2, 0) is 10.5 Å². The van der Waals surface area contributed by atoms with Crippen LogP contribution in [0, 0.1) is 6.92 Å². The molecule has 6 nitrogen and oxygen atoms in total. The second-order valence-electron chi connectivity index (χ2n) is 6.23. The molecule has 29 heavy (non-hydrogen) atoms. The molecule has 4 rings (SSSR count). The van der Waals surface area contributed by atoms with E-state index >= 15 is 0 Å². The maximum atomic E-state index is 12.8. The van der Waals surface area contributed by atoms with Gasteiger partial charge in [0.05, 0.1) is 17.7 Å². The first-order chi connectivity index (χ1) is 14.1. The Morgan fingerprint density at radius 2 is 2.03 bits per heavy atom. The SMILES string of the molecule is CCOC(=O)c1ccc(CSc2nc3sc(C)c(-c4ccccc4)c3c(=O)[nH]2)o1. The Morgan fingerprint density at radius 1 is 1.24 bits per heavy atom. The molecule has 3 aromatic heterocycles. The molecule has 3 heterocycles. The number of ether oxygens (including phenoxy) is 1. The third kappa shape index (κ3) is 3.99. The van der Waals surface area contributed by atoms with Gasteiger partial charge in [-0.25, -0.2) is 9.78 Å². The number of furan rings is 1. The van der Waals surface area contributed by atoms with Crippen molar-refractivity contribution in [3.63, 3.8) is 0 Å². The zero-order valence-electron chi connectivity index (χ0n) is 15.9. The second kappa shape index (κ2) is 8.26. The van der Waals surface area contributed by atoms with E-state index in [2.05, 4.69) is 9.97 Å². The molecule has 0 amide bonds. The van der Waals surface area contributed by atoms with Crippen LogP contribution in [0.15, 0.2) is 56.8 Å². The monoisotopic (exact) mass is 426 g/mol. The Labute approximate surface area is 174 Å². The highest BCUT2D eigenvalue weighted by molar-refractivity contribution is 7.98. The molecule has 0 saturated carbocycles. The number of esters is 1. The predicted molar refractivity (Wildman–Crippen MR) is 115 cm³/mol. The summed E-state index contributed by atoms with van der Waals surface area (Å²) in [6.07, 6.45) is 0. The van der Waals surface area contributed by atoms with Gasteiger partial charge in [0, 0.05) is 10.4 Å². The number of carbonyl (C=O) groups excluding carboxylic acids is 1. The number of thioether (sulfide) groups is 1. The Kier molecular flexibility index (Phi) is 5.55. The largest absolute Gasteiger partial charge is 0.460 e. The van der Waals surface area contributed by atoms with Crippen molar-refractivity contribution >= 4 is 39.3 Å². The van der Waals surface area contributed by atoms with Gasteiger partial charge in [-0.2, -0.15) is 0 Å². The Balaban J connectivity index is 1.59. The number of benzene rings is 1. The second-order valence-corrected chi connectivity index (χ2v) is 8.39. The molecule has 0 radical (unpaired) electrons. The van der Waals surface area contributed by atoms with Gasteiger partial charge in [0.2, 0.25) is 5.76 Å². The molecule has 0 saturated heterocycles. The minimum Gasteiger partial charge on any atom is -0.460 e. The maximum Gasteiger partial charge on any atom is 0.374 e. The van der Waals surface area contributed by atoms with E-state index in [4.69, 9.17) is 9.15 Å². The quantitative estimate of drug-likeness (QED) is 0.265. The van der Waals surface area contributed by atoms with E-state index in [-0.39, 0.29) is 11.3 Å². The van der Waals surface area contributed by atoms with Crippen LogP contribution < -0.4 is 5.56 Å². The topological polar surface area (TPSA) is 85.2 Å². The number of aromatic nitrogens is 2. The molecule has 0 atom stereocenters. The van der Waals surface area contributed by atoms with Gasteiger partial charge in [-0.05, 0) is 31.5 Å². The van der Waals surface area contributed by atoms with E-state index < -0.39 is 5.97 Å². The van der Waals surface area contributed by atoms with Crippen molar-refractivity contribution in [1.82, 2.24) is 9.97 Å². The summed E-state index contributed by atoms with van der Waals surface area (Å²) in [7, 11) is 0. The molecular formula is C21H18N2O4S2. The number of hydrogen-bond acceptors (Lipinski definition) is 7. The molecule has 0 spiro atoms. The summed E-state index contributed by atoms with van der Waals surface area (Å²) in [6.45, 7) is 4.03. The molecule has 148 valence electrons. The van der Waals surface area contributed by atoms with Crippen molar-refractivity contribution in [2.45, 2.75) is 24.8 Å². The van der Waals surface area contributed by atoms with Gasteiger partial charge in [0.25, 0.3) is 5.56 Å². The molecule has 0 bridgehead atoms. The van der Waals surface area contributed by atoms with Crippen LogP contribution in [0.5, 0.6) is 0 Å². The fourth-order valence-corrected chi connectivity index (χ4v) is 4.89. The first-order valence-electron chi connectivity index (χ1n) is 9.04. The molecule has 0 aliphatic rings. The number of hydrogen-bond donors (Lipinski definition) is 1. The van der Waals surface area contributed by atoms with Gasteiger partial charge in [-0.3, -0.25) is 4.79 Å². The Morgan fingerprint density at radius 3 is 2.79 bits per heavy atom. The van der Waals surface area contributed by atoms with Crippen molar-refractivity contribution in [2.24, 2.45) is 0 Å². The van der Waals surface area contributed by atoms with Crippen LogP contribution in [0.4, 0.5) is 0 Å². The molecule has 0 aliphatic carbocycles. The fraction of sp³-hybridized carbons (Fsp3) is 0.190. The Hall–Kier alpha value is -2.84. The lowest BCUT2D eigenvalue weighted by atomic mass is 10.0. The summed E-state index contributed by atoms with van der Waals surface area (Å²) < 4.78 is 10.4. The van der Waals surface area contributed by atoms with Gasteiger partial charge >= 0.3 is 5.97 Å². The highest BCUT2D eigenvalue weighted by Crippen LogP contribution is 2.36. The number of rotatable bonds is 6. The van der Waals surface area contributed by atoms with E-state index in [1.807, 2.05) is 37.3 Å². The van der Waals surface area contributed by atoms with Gasteiger partial charge in [-0.1, -0.05) is 42.1 Å². The molecule has 0 aliphatic heterocycles. The zero-order chi connectivity index (χ0) is 20.4. The van der Waals surface area contributed by atoms with Crippen LogP contribution in [0.1, 0.15) is 28.1 Å². The van der Waals surface area contributed by atoms with Gasteiger partial charge in [0.15, 0.2) is 5.16 Å². The number of aromatic amines is 1. The van der Waals surface area contributed by atoms with Crippen LogP contribution >= 0.6 is 23.1 Å². The van der Waals surface area contributed by atoms with E-state index in [0.717, 1.165) is 16.0 Å². The predicted octanol–water partition coefficient (Wildman–Crippen LogP) is 5.02. The van der Waals surface area contributed by atoms with Crippen LogP contribution in [0.25, 0.3) is 21.3 Å². The average Bonchev–Trinajstić information content (AvgIpc) is 3.31. The van der Waals surface area contributed by atoms with E-state index in [9.17, 15) is 9.59 Å². The first kappa shape index (κ1) is 19.5. The van der Waals surface area contributed by atoms with Crippen molar-refractivity contribution in [3.05, 3.63) is 69.2 Å². The van der Waals surface area contributed by atoms with Crippen LogP contribution in [-0.4, -0.2) is 22.5 Å². The zero-order valence-corrected chi connectivity index (χ0v) is 17.5. The van der Waals surface area contributed by atoms with Crippen molar-refractivity contribution in [3.8, 4) is 11.1 Å². The molecule has 1 aromatic carbocycles. The lowest BCUT2D eigenvalue weighted by Crippen LogP contribution is -2.08. The highest BCUT2D eigenvalue weighted by atomic mass is 32.2. The minimum atomic E-state index is -0.487. The molecule has 4 aromatic rings. The lowest BCUT2D eigenvalue weighted by molar-refractivity contribution is 0.0488. The number of carbonyl (C=O) groups is 1. The average molecular weight is 427 g/mol. The molecular weight excluding hydrogens is 408 g/mol. The number of nitrogens with one attached hydrogen (secondary N) is 1. The third-order valence-electron chi connectivity index (χ3n) is 4.27. The number of H-pyrrole nitrogens is 1. The number of thiophene rings is 1. The summed E-state index contributed by atoms with van der Waals surface area (Å²) in [5.41, 5.74) is 1.78. The molecule has 8 heteroatoms. The summed E-state index contributed by atoms with van der Waals surface area (Å²) in [5.74, 6) is 0.720. The van der Waals surface area contributed by atoms with Crippen molar-refractivity contribution in [1.29, 1.82) is 0 Å². The molecule has 0 unspecified atom stereocenters. The number of fused-ring (bicyclic) bond motifs is 1. The summed E-state index contributed by atoms with van der Waals surface area (Å²) in [5, 5.41) is 1.13. The van der Waals surface area contributed by atoms with Gasteiger partial charge < -0.3 is 14.1 Å². The minimum absolute atomic E-state index is 0.160. The van der Waals surface area contributed by atoms with E-state index in [0.29, 0.717) is 33.5 Å². The number of aryl methyl sites for hydroxylation is 1. The van der Waals surface area contributed by atoms with Gasteiger partial charge in [0.1, 0.15) is 10.6 Å². The standard InChI is InChI=1S/C21H18N2O4S2/c1-3-26-20(25)15-10-9-14(27-15)11-28-21-22-18(24)17-16(12(2)29-19(17)23-21)13-7-5-4-6-8-13/h4-10H,3,11H2,1-2H3,(H,22,23,24). The molecule has 1 N–H and O–H groups in total. The van der Waals surface area contributed by atoms with Crippen LogP contribution in [0.2, 0.25) is 0 Å². The van der Waals surface area contributed by atoms with Crippen LogP contribution in [0.3, 0.4) is 0 Å². The maximum absolute atomic E-state index is 12.8. The molecule has 0 fully saturated rings. The summed E-state index contributed by atoms with van der Waals surface area (Å²) in [4.78, 5) is 33.7. The first-order valence-corrected chi connectivity index (χ1v) is 10.8. The third-order valence-corrected chi connectivity index (χ3v) is 6.16. The smallest absolute Gasteiger partial charge is 0.374 e. The normalized spacial score (nSPS) is 11.1. The van der Waals surface area contributed by atoms with Crippen molar-refractivity contribution < 1.29 is 13.9 Å². The number of nitrogens with zero attached hydrogens (tertiary/aromatic N) is 1. The summed E-state index contributed by atoms with van der Waals surface area (Å²) in [6, 6.07) is 13.2. The summed E-state index contributed by atoms with van der Waals surface area (Å²) >= 11 is 2.85. The fourth-order valence-electron chi connectivity index (χ4n) is 3.03. The van der Waals surface area contributed by atoms with Crippen molar-refractivity contribution in [2.75, 3.05) is 6.61 Å². The lowest BCUT2D eigenvalue weighted by Gasteiger charge is -2.02. The van der Waals surface area contributed by atoms with E-state index in [1.165, 1.54) is 23.1 Å².